The number of aryl methyl sites for hydroxylation is 1. The van der Waals surface area contributed by atoms with E-state index in [1.54, 1.807) is 7.11 Å². The van der Waals surface area contributed by atoms with Crippen molar-refractivity contribution in [3.05, 3.63) is 58.4 Å². The first-order chi connectivity index (χ1) is 12.1. The minimum atomic E-state index is -0.0249. The first kappa shape index (κ1) is 15.9. The molecule has 3 aromatic rings. The molecular formula is C19H22N4O2. The van der Waals surface area contributed by atoms with Gasteiger partial charge in [-0.25, -0.2) is 4.98 Å². The molecule has 0 radical (unpaired) electrons. The van der Waals surface area contributed by atoms with Gasteiger partial charge >= 0.3 is 0 Å². The Hall–Kier alpha value is -2.60. The molecule has 1 N–H and O–H groups in total. The fourth-order valence-corrected chi connectivity index (χ4v) is 3.18. The van der Waals surface area contributed by atoms with Gasteiger partial charge < -0.3 is 14.3 Å². The predicted octanol–water partition coefficient (Wildman–Crippen LogP) is 2.43. The lowest BCUT2D eigenvalue weighted by Crippen LogP contribution is -2.29. The van der Waals surface area contributed by atoms with E-state index in [9.17, 15) is 4.79 Å². The number of H-pyrrole nitrogens is 1. The van der Waals surface area contributed by atoms with Gasteiger partial charge in [0, 0.05) is 48.5 Å². The summed E-state index contributed by atoms with van der Waals surface area (Å²) in [6.07, 6.45) is 6.14. The van der Waals surface area contributed by atoms with Crippen molar-refractivity contribution in [2.75, 3.05) is 7.11 Å². The summed E-state index contributed by atoms with van der Waals surface area (Å²) in [4.78, 5) is 22.3. The number of hydrogen-bond acceptors (Lipinski definition) is 4. The van der Waals surface area contributed by atoms with Crippen LogP contribution in [0.5, 0.6) is 5.75 Å². The molecule has 0 aliphatic heterocycles. The van der Waals surface area contributed by atoms with Crippen LogP contribution in [0.25, 0.3) is 10.9 Å². The Morgan fingerprint density at radius 3 is 2.84 bits per heavy atom. The quantitative estimate of drug-likeness (QED) is 0.750. The second-order valence-corrected chi connectivity index (χ2v) is 6.67. The standard InChI is InChI=1S/C19H22N4O2/c1-22-8-7-20-18(22)12-23(15-3-4-15)11-14-9-13-10-16(25-2)5-6-17(13)21-19(14)24/h5-10,15H,3-4,11-12H2,1-2H3,(H,21,24). The summed E-state index contributed by atoms with van der Waals surface area (Å²) in [6, 6.07) is 8.21. The summed E-state index contributed by atoms with van der Waals surface area (Å²) >= 11 is 0. The molecule has 1 aliphatic rings. The van der Waals surface area contributed by atoms with Crippen molar-refractivity contribution in [1.29, 1.82) is 0 Å². The van der Waals surface area contributed by atoms with Gasteiger partial charge in [0.2, 0.25) is 0 Å². The maximum Gasteiger partial charge on any atom is 0.252 e. The van der Waals surface area contributed by atoms with Gasteiger partial charge in [-0.2, -0.15) is 0 Å². The average Bonchev–Trinajstić information content (AvgIpc) is 3.38. The zero-order valence-electron chi connectivity index (χ0n) is 14.5. The van der Waals surface area contributed by atoms with Crippen LogP contribution in [-0.2, 0) is 20.1 Å². The summed E-state index contributed by atoms with van der Waals surface area (Å²) in [5.41, 5.74) is 1.58. The van der Waals surface area contributed by atoms with E-state index in [1.807, 2.05) is 48.3 Å². The fraction of sp³-hybridized carbons (Fsp3) is 0.368. The van der Waals surface area contributed by atoms with E-state index in [0.29, 0.717) is 12.6 Å². The molecule has 1 aromatic carbocycles. The number of benzene rings is 1. The SMILES string of the molecule is COc1ccc2[nH]c(=O)c(CN(Cc3nccn3C)C3CC3)cc2c1. The molecule has 0 amide bonds. The minimum Gasteiger partial charge on any atom is -0.497 e. The van der Waals surface area contributed by atoms with Gasteiger partial charge in [-0.1, -0.05) is 0 Å². The minimum absolute atomic E-state index is 0.0249. The maximum atomic E-state index is 12.5. The highest BCUT2D eigenvalue weighted by molar-refractivity contribution is 5.80. The molecule has 6 heteroatoms. The Kier molecular flexibility index (Phi) is 4.05. The van der Waals surface area contributed by atoms with Gasteiger partial charge in [0.25, 0.3) is 5.56 Å². The Balaban J connectivity index is 1.64. The van der Waals surface area contributed by atoms with Crippen LogP contribution in [0, 0.1) is 0 Å². The summed E-state index contributed by atoms with van der Waals surface area (Å²) in [6.45, 7) is 1.38. The van der Waals surface area contributed by atoms with Crippen LogP contribution in [0.15, 0.2) is 41.5 Å². The summed E-state index contributed by atoms with van der Waals surface area (Å²) < 4.78 is 7.32. The number of pyridine rings is 1. The lowest BCUT2D eigenvalue weighted by atomic mass is 10.1. The number of rotatable bonds is 6. The van der Waals surface area contributed by atoms with E-state index in [-0.39, 0.29) is 5.56 Å². The molecule has 2 aromatic heterocycles. The van der Waals surface area contributed by atoms with Crippen molar-refractivity contribution in [1.82, 2.24) is 19.4 Å². The number of hydrogen-bond donors (Lipinski definition) is 1. The van der Waals surface area contributed by atoms with Crippen LogP contribution in [0.4, 0.5) is 0 Å². The maximum absolute atomic E-state index is 12.5. The van der Waals surface area contributed by atoms with Crippen LogP contribution in [0.1, 0.15) is 24.2 Å². The number of nitrogens with zero attached hydrogens (tertiary/aromatic N) is 3. The highest BCUT2D eigenvalue weighted by Crippen LogP contribution is 2.29. The second-order valence-electron chi connectivity index (χ2n) is 6.67. The van der Waals surface area contributed by atoms with Crippen molar-refractivity contribution >= 4 is 10.9 Å². The molecule has 1 saturated carbocycles. The number of aromatic amines is 1. The van der Waals surface area contributed by atoms with Crippen molar-refractivity contribution in [3.8, 4) is 5.75 Å². The molecule has 130 valence electrons. The molecule has 25 heavy (non-hydrogen) atoms. The van der Waals surface area contributed by atoms with E-state index in [4.69, 9.17) is 4.74 Å². The van der Waals surface area contributed by atoms with Crippen LogP contribution < -0.4 is 10.3 Å². The highest BCUT2D eigenvalue weighted by atomic mass is 16.5. The van der Waals surface area contributed by atoms with Crippen molar-refractivity contribution < 1.29 is 4.74 Å². The summed E-state index contributed by atoms with van der Waals surface area (Å²) in [5, 5.41) is 0.988. The van der Waals surface area contributed by atoms with Gasteiger partial charge in [-0.15, -0.1) is 0 Å². The Labute approximate surface area is 146 Å². The summed E-state index contributed by atoms with van der Waals surface area (Å²) in [5.74, 6) is 1.81. The molecule has 1 fully saturated rings. The zero-order valence-corrected chi connectivity index (χ0v) is 14.5. The number of nitrogens with one attached hydrogen (secondary N) is 1. The van der Waals surface area contributed by atoms with Crippen LogP contribution in [0.3, 0.4) is 0 Å². The molecule has 0 spiro atoms. The summed E-state index contributed by atoms with van der Waals surface area (Å²) in [7, 11) is 3.65. The van der Waals surface area contributed by atoms with Gasteiger partial charge in [-0.05, 0) is 37.1 Å². The van der Waals surface area contributed by atoms with E-state index in [0.717, 1.165) is 34.6 Å². The molecule has 0 bridgehead atoms. The van der Waals surface area contributed by atoms with E-state index in [1.165, 1.54) is 12.8 Å². The van der Waals surface area contributed by atoms with Crippen molar-refractivity contribution in [2.45, 2.75) is 32.0 Å². The number of aromatic nitrogens is 3. The largest absolute Gasteiger partial charge is 0.497 e. The zero-order chi connectivity index (χ0) is 17.4. The van der Waals surface area contributed by atoms with Gasteiger partial charge in [0.15, 0.2) is 0 Å². The van der Waals surface area contributed by atoms with E-state index in [2.05, 4.69) is 14.9 Å². The third-order valence-corrected chi connectivity index (χ3v) is 4.83. The molecule has 2 heterocycles. The van der Waals surface area contributed by atoms with Gasteiger partial charge in [0.05, 0.1) is 13.7 Å². The number of imidazole rings is 1. The topological polar surface area (TPSA) is 63.2 Å². The fourth-order valence-electron chi connectivity index (χ4n) is 3.18. The monoisotopic (exact) mass is 338 g/mol. The first-order valence-corrected chi connectivity index (χ1v) is 8.54. The molecule has 0 saturated heterocycles. The first-order valence-electron chi connectivity index (χ1n) is 8.54. The van der Waals surface area contributed by atoms with Crippen LogP contribution >= 0.6 is 0 Å². The van der Waals surface area contributed by atoms with E-state index < -0.39 is 0 Å². The smallest absolute Gasteiger partial charge is 0.252 e. The molecule has 0 unspecified atom stereocenters. The molecular weight excluding hydrogens is 316 g/mol. The Bertz CT molecular complexity index is 955. The van der Waals surface area contributed by atoms with Crippen molar-refractivity contribution in [2.24, 2.45) is 7.05 Å². The average molecular weight is 338 g/mol. The predicted molar refractivity (Wildman–Crippen MR) is 96.6 cm³/mol. The molecule has 0 atom stereocenters. The number of ether oxygens (including phenoxy) is 1. The molecule has 4 rings (SSSR count). The van der Waals surface area contributed by atoms with Crippen LogP contribution in [0.2, 0.25) is 0 Å². The van der Waals surface area contributed by atoms with Crippen molar-refractivity contribution in [3.63, 3.8) is 0 Å². The third-order valence-electron chi connectivity index (χ3n) is 4.83. The number of fused-ring (bicyclic) bond motifs is 1. The molecule has 6 nitrogen and oxygen atoms in total. The third kappa shape index (κ3) is 3.30. The lowest BCUT2D eigenvalue weighted by Gasteiger charge is -2.21. The highest BCUT2D eigenvalue weighted by Gasteiger charge is 2.30. The molecule has 1 aliphatic carbocycles. The van der Waals surface area contributed by atoms with Gasteiger partial charge in [-0.3, -0.25) is 9.69 Å². The Morgan fingerprint density at radius 1 is 1.32 bits per heavy atom. The van der Waals surface area contributed by atoms with E-state index >= 15 is 0 Å². The Morgan fingerprint density at radius 2 is 2.16 bits per heavy atom. The van der Waals surface area contributed by atoms with Gasteiger partial charge in [0.1, 0.15) is 11.6 Å². The lowest BCUT2D eigenvalue weighted by molar-refractivity contribution is 0.236. The second kappa shape index (κ2) is 6.37. The van der Waals surface area contributed by atoms with Crippen LogP contribution in [-0.4, -0.2) is 32.6 Å². The number of methoxy groups -OCH3 is 1. The normalized spacial score (nSPS) is 14.4.